The fourth-order valence-electron chi connectivity index (χ4n) is 3.17. The molecule has 1 spiro atoms. The van der Waals surface area contributed by atoms with E-state index in [0.29, 0.717) is 0 Å². The first-order chi connectivity index (χ1) is 7.27. The standard InChI is InChI=1S/C12H23N2O2/c1-10(2)11(3,4)14(16)12(13(10)15)8-6-5-7-9-12/h15H,5-9H2,1-4H3. The molecule has 16 heavy (non-hydrogen) atoms. The highest BCUT2D eigenvalue weighted by Crippen LogP contribution is 2.52. The van der Waals surface area contributed by atoms with Crippen LogP contribution in [0.1, 0.15) is 59.8 Å². The molecule has 0 aromatic rings. The summed E-state index contributed by atoms with van der Waals surface area (Å²) < 4.78 is 0. The Morgan fingerprint density at radius 1 is 0.938 bits per heavy atom. The van der Waals surface area contributed by atoms with Crippen LogP contribution in [0.25, 0.3) is 0 Å². The van der Waals surface area contributed by atoms with E-state index in [9.17, 15) is 10.4 Å². The van der Waals surface area contributed by atoms with Crippen LogP contribution < -0.4 is 0 Å². The lowest BCUT2D eigenvalue weighted by atomic mass is 9.84. The van der Waals surface area contributed by atoms with Gasteiger partial charge in [0, 0.05) is 0 Å². The number of nitrogens with zero attached hydrogens (tertiary/aromatic N) is 2. The Labute approximate surface area is 97.8 Å². The average Bonchev–Trinajstić information content (AvgIpc) is 2.34. The molecular weight excluding hydrogens is 204 g/mol. The zero-order chi connectivity index (χ0) is 12.2. The molecule has 4 heteroatoms. The Balaban J connectivity index is 2.41. The van der Waals surface area contributed by atoms with Crippen molar-refractivity contribution < 1.29 is 10.4 Å². The van der Waals surface area contributed by atoms with Crippen molar-refractivity contribution in [3.8, 4) is 0 Å². The van der Waals surface area contributed by atoms with Crippen molar-refractivity contribution in [2.24, 2.45) is 0 Å². The summed E-state index contributed by atoms with van der Waals surface area (Å²) in [6.45, 7) is 7.74. The molecule has 1 radical (unpaired) electrons. The molecule has 1 N–H and O–H groups in total. The Morgan fingerprint density at radius 3 is 1.81 bits per heavy atom. The second-order valence-corrected chi connectivity index (χ2v) is 6.27. The summed E-state index contributed by atoms with van der Waals surface area (Å²) in [7, 11) is 0. The van der Waals surface area contributed by atoms with Gasteiger partial charge in [0.15, 0.2) is 0 Å². The Kier molecular flexibility index (Phi) is 2.63. The molecule has 0 aromatic carbocycles. The molecule has 1 aliphatic carbocycles. The average molecular weight is 227 g/mol. The first-order valence-electron chi connectivity index (χ1n) is 6.23. The highest BCUT2D eigenvalue weighted by Gasteiger charge is 2.66. The van der Waals surface area contributed by atoms with Crippen LogP contribution in [0.3, 0.4) is 0 Å². The van der Waals surface area contributed by atoms with Crippen LogP contribution >= 0.6 is 0 Å². The minimum Gasteiger partial charge on any atom is -0.311 e. The van der Waals surface area contributed by atoms with Crippen LogP contribution in [0.5, 0.6) is 0 Å². The van der Waals surface area contributed by atoms with Crippen molar-refractivity contribution in [2.45, 2.75) is 76.5 Å². The Morgan fingerprint density at radius 2 is 1.44 bits per heavy atom. The summed E-state index contributed by atoms with van der Waals surface area (Å²) in [5.41, 5.74) is -1.74. The van der Waals surface area contributed by atoms with Crippen molar-refractivity contribution in [2.75, 3.05) is 0 Å². The summed E-state index contributed by atoms with van der Waals surface area (Å²) in [6, 6.07) is 0. The SMILES string of the molecule is CC1(C)N([O])C2(CCCCC2)N(O)C1(C)C. The molecule has 1 saturated heterocycles. The minimum atomic E-state index is -0.675. The highest BCUT2D eigenvalue weighted by molar-refractivity contribution is 5.12. The largest absolute Gasteiger partial charge is 0.311 e. The van der Waals surface area contributed by atoms with Crippen LogP contribution in [-0.4, -0.2) is 32.1 Å². The molecule has 93 valence electrons. The minimum absolute atomic E-state index is 0.508. The van der Waals surface area contributed by atoms with Gasteiger partial charge in [-0.05, 0) is 40.5 Å². The molecule has 2 rings (SSSR count). The first-order valence-corrected chi connectivity index (χ1v) is 6.23. The quantitative estimate of drug-likeness (QED) is 0.692. The van der Waals surface area contributed by atoms with E-state index in [1.807, 2.05) is 27.7 Å². The lowest BCUT2D eigenvalue weighted by Crippen LogP contribution is -2.54. The fourth-order valence-corrected chi connectivity index (χ4v) is 3.17. The number of hydroxylamine groups is 4. The maximum absolute atomic E-state index is 12.5. The Hall–Kier alpha value is -0.160. The van der Waals surface area contributed by atoms with E-state index in [1.54, 1.807) is 0 Å². The van der Waals surface area contributed by atoms with Crippen LogP contribution in [0.4, 0.5) is 0 Å². The van der Waals surface area contributed by atoms with Crippen molar-refractivity contribution >= 4 is 0 Å². The van der Waals surface area contributed by atoms with E-state index in [2.05, 4.69) is 0 Å². The van der Waals surface area contributed by atoms with Crippen molar-refractivity contribution in [1.82, 2.24) is 10.1 Å². The molecule has 0 unspecified atom stereocenters. The lowest BCUT2D eigenvalue weighted by molar-refractivity contribution is -0.315. The molecule has 1 aliphatic heterocycles. The van der Waals surface area contributed by atoms with Gasteiger partial charge in [-0.25, -0.2) is 0 Å². The van der Waals surface area contributed by atoms with Crippen molar-refractivity contribution in [3.63, 3.8) is 0 Å². The highest BCUT2D eigenvalue weighted by atomic mass is 16.6. The summed E-state index contributed by atoms with van der Waals surface area (Å²) in [4.78, 5) is 0. The van der Waals surface area contributed by atoms with E-state index in [4.69, 9.17) is 0 Å². The van der Waals surface area contributed by atoms with Gasteiger partial charge in [-0.1, -0.05) is 19.3 Å². The first kappa shape index (κ1) is 12.3. The van der Waals surface area contributed by atoms with Crippen LogP contribution in [-0.2, 0) is 5.21 Å². The van der Waals surface area contributed by atoms with Crippen molar-refractivity contribution in [1.29, 1.82) is 0 Å². The third-order valence-corrected chi connectivity index (χ3v) is 4.96. The predicted octanol–water partition coefficient (Wildman–Crippen LogP) is 2.56. The van der Waals surface area contributed by atoms with Gasteiger partial charge in [-0.15, -0.1) is 10.3 Å². The smallest absolute Gasteiger partial charge is 0.125 e. The third-order valence-electron chi connectivity index (χ3n) is 4.96. The van der Waals surface area contributed by atoms with Crippen LogP contribution in [0.2, 0.25) is 0 Å². The van der Waals surface area contributed by atoms with Gasteiger partial charge >= 0.3 is 0 Å². The lowest BCUT2D eigenvalue weighted by Gasteiger charge is -2.42. The zero-order valence-corrected chi connectivity index (χ0v) is 10.8. The second-order valence-electron chi connectivity index (χ2n) is 6.27. The summed E-state index contributed by atoms with van der Waals surface area (Å²) in [5, 5.41) is 25.5. The second kappa shape index (κ2) is 3.42. The maximum atomic E-state index is 12.5. The van der Waals surface area contributed by atoms with Gasteiger partial charge in [0.2, 0.25) is 0 Å². The number of hydrogen-bond acceptors (Lipinski definition) is 3. The molecule has 2 fully saturated rings. The monoisotopic (exact) mass is 227 g/mol. The summed E-state index contributed by atoms with van der Waals surface area (Å²) in [6.07, 6.45) is 4.79. The molecular formula is C12H23N2O2. The van der Waals surface area contributed by atoms with E-state index in [1.165, 1.54) is 11.5 Å². The fraction of sp³-hybridized carbons (Fsp3) is 1.00. The van der Waals surface area contributed by atoms with E-state index < -0.39 is 16.7 Å². The van der Waals surface area contributed by atoms with Gasteiger partial charge < -0.3 is 5.21 Å². The van der Waals surface area contributed by atoms with Crippen molar-refractivity contribution in [3.05, 3.63) is 0 Å². The van der Waals surface area contributed by atoms with Gasteiger partial charge in [0.1, 0.15) is 5.66 Å². The number of hydrogen-bond donors (Lipinski definition) is 1. The summed E-state index contributed by atoms with van der Waals surface area (Å²) >= 11 is 0. The van der Waals surface area contributed by atoms with E-state index in [0.717, 1.165) is 30.7 Å². The van der Waals surface area contributed by atoms with Gasteiger partial charge in [0.25, 0.3) is 0 Å². The molecule has 0 atom stereocenters. The molecule has 0 bridgehead atoms. The summed E-state index contributed by atoms with van der Waals surface area (Å²) in [5.74, 6) is 0. The molecule has 1 saturated carbocycles. The van der Waals surface area contributed by atoms with Gasteiger partial charge in [-0.2, -0.15) is 5.06 Å². The van der Waals surface area contributed by atoms with E-state index >= 15 is 0 Å². The van der Waals surface area contributed by atoms with Gasteiger partial charge in [-0.3, -0.25) is 0 Å². The normalized spacial score (nSPS) is 33.4. The zero-order valence-electron chi connectivity index (χ0n) is 10.8. The number of rotatable bonds is 0. The third kappa shape index (κ3) is 1.24. The maximum Gasteiger partial charge on any atom is 0.125 e. The predicted molar refractivity (Wildman–Crippen MR) is 60.1 cm³/mol. The molecule has 0 aromatic heterocycles. The van der Waals surface area contributed by atoms with Crippen LogP contribution in [0.15, 0.2) is 0 Å². The topological polar surface area (TPSA) is 46.6 Å². The molecule has 2 aliphatic rings. The molecule has 4 nitrogen and oxygen atoms in total. The van der Waals surface area contributed by atoms with Crippen LogP contribution in [0, 0.1) is 0 Å². The molecule has 1 heterocycles. The van der Waals surface area contributed by atoms with E-state index in [-0.39, 0.29) is 0 Å². The Bertz CT molecular complexity index is 261. The molecule has 0 amide bonds. The van der Waals surface area contributed by atoms with Gasteiger partial charge in [0.05, 0.1) is 11.1 Å².